The number of methoxy groups -OCH3 is 1. The van der Waals surface area contributed by atoms with Gasteiger partial charge in [0.05, 0.1) is 9.60 Å². The Morgan fingerprint density at radius 3 is 2.11 bits per heavy atom. The molecule has 9 heavy (non-hydrogen) atoms. The van der Waals surface area contributed by atoms with E-state index < -0.39 is 0 Å². The van der Waals surface area contributed by atoms with E-state index in [2.05, 4.69) is 20.7 Å². The normalized spacial score (nSPS) is 12.4. The van der Waals surface area contributed by atoms with Gasteiger partial charge in [-0.15, -0.1) is 0 Å². The molecule has 0 fully saturated rings. The number of esters is 1. The van der Waals surface area contributed by atoms with E-state index >= 15 is 0 Å². The number of hydrogen-bond donors (Lipinski definition) is 0. The lowest BCUT2D eigenvalue weighted by atomic mass is 10.7. The number of ether oxygens (including phenoxy) is 1. The van der Waals surface area contributed by atoms with Gasteiger partial charge in [-0.3, -0.25) is 0 Å². The Morgan fingerprint density at radius 1 is 1.56 bits per heavy atom. The lowest BCUT2D eigenvalue weighted by molar-refractivity contribution is -0.135. The van der Waals surface area contributed by atoms with Crippen molar-refractivity contribution in [1.82, 2.24) is 0 Å². The highest BCUT2D eigenvalue weighted by molar-refractivity contribution is 14.1. The molecule has 0 aliphatic carbocycles. The van der Waals surface area contributed by atoms with Gasteiger partial charge in [0.2, 0.25) is 0 Å². The van der Waals surface area contributed by atoms with Crippen LogP contribution in [0.5, 0.6) is 0 Å². The third-order valence-corrected chi connectivity index (χ3v) is 4.22. The summed E-state index contributed by atoms with van der Waals surface area (Å²) in [6.07, 6.45) is 0. The zero-order valence-corrected chi connectivity index (χ0v) is 10.4. The highest BCUT2D eigenvalue weighted by atomic mass is 127. The van der Waals surface area contributed by atoms with E-state index in [1.807, 2.05) is 45.2 Å². The number of carbonyl (C=O) groups excluding carboxylic acids is 1. The zero-order chi connectivity index (χ0) is 7.44. The van der Waals surface area contributed by atoms with E-state index in [1.54, 1.807) is 0 Å². The Labute approximate surface area is 88.8 Å². The second-order valence-electron chi connectivity index (χ2n) is 1.07. The largest absolute Gasteiger partial charge is 0.465 e. The summed E-state index contributed by atoms with van der Waals surface area (Å²) in [7, 11) is 1.35. The molecule has 0 heterocycles. The molecule has 0 saturated heterocycles. The molecule has 0 unspecified atom stereocenters. The fraction of sp³-hybridized carbons (Fsp3) is 0.250. The summed E-state index contributed by atoms with van der Waals surface area (Å²) >= 11 is 7.04. The highest BCUT2D eigenvalue weighted by Crippen LogP contribution is 2.25. The summed E-state index contributed by atoms with van der Waals surface area (Å²) < 4.78 is 5.77. The maximum atomic E-state index is 10.6. The molecule has 0 aromatic heterocycles. The Bertz CT molecular complexity index is 151. The minimum Gasteiger partial charge on any atom is -0.465 e. The number of halogens is 3. The van der Waals surface area contributed by atoms with Crippen LogP contribution in [0, 0.1) is 0 Å². The molecule has 0 bridgehead atoms. The van der Waals surface area contributed by atoms with Gasteiger partial charge in [0.15, 0.2) is 0 Å². The topological polar surface area (TPSA) is 26.3 Å². The lowest BCUT2D eigenvalue weighted by Gasteiger charge is -1.94. The van der Waals surface area contributed by atoms with E-state index in [1.165, 1.54) is 7.11 Å². The van der Waals surface area contributed by atoms with Crippen LogP contribution in [0.2, 0.25) is 0 Å². The van der Waals surface area contributed by atoms with Gasteiger partial charge in [-0.05, 0) is 61.1 Å². The Morgan fingerprint density at radius 2 is 2.00 bits per heavy atom. The molecule has 0 N–H and O–H groups in total. The number of hydrogen-bond acceptors (Lipinski definition) is 2. The zero-order valence-electron chi connectivity index (χ0n) is 4.45. The van der Waals surface area contributed by atoms with Crippen molar-refractivity contribution in [2.45, 2.75) is 0 Å². The fourth-order valence-corrected chi connectivity index (χ4v) is 0.769. The molecular formula is C4H3BrI2O2. The molecule has 0 radical (unpaired) electrons. The van der Waals surface area contributed by atoms with Gasteiger partial charge >= 0.3 is 5.97 Å². The predicted molar refractivity (Wildman–Crippen MR) is 56.0 cm³/mol. The summed E-state index contributed by atoms with van der Waals surface area (Å²) in [5, 5.41) is 0. The third kappa shape index (κ3) is 3.76. The van der Waals surface area contributed by atoms with E-state index in [4.69, 9.17) is 0 Å². The summed E-state index contributed by atoms with van der Waals surface area (Å²) in [4.78, 5) is 10.6. The maximum absolute atomic E-state index is 10.6. The van der Waals surface area contributed by atoms with Crippen molar-refractivity contribution in [3.05, 3.63) is 6.07 Å². The van der Waals surface area contributed by atoms with Gasteiger partial charge in [-0.1, -0.05) is 0 Å². The second kappa shape index (κ2) is 4.89. The molecule has 52 valence electrons. The van der Waals surface area contributed by atoms with Gasteiger partial charge < -0.3 is 4.74 Å². The molecule has 0 amide bonds. The Hall–Kier alpha value is 1.15. The van der Waals surface area contributed by atoms with Crippen LogP contribution >= 0.6 is 61.1 Å². The van der Waals surface area contributed by atoms with Gasteiger partial charge in [0.1, 0.15) is 3.58 Å². The van der Waals surface area contributed by atoms with E-state index in [0.717, 1.165) is 2.49 Å². The van der Waals surface area contributed by atoms with Crippen LogP contribution in [0.25, 0.3) is 0 Å². The second-order valence-corrected chi connectivity index (χ2v) is 5.50. The van der Waals surface area contributed by atoms with Crippen LogP contribution in [0.1, 0.15) is 0 Å². The fourth-order valence-electron chi connectivity index (χ4n) is 0.167. The highest BCUT2D eigenvalue weighted by Gasteiger charge is 2.07. The van der Waals surface area contributed by atoms with Gasteiger partial charge in [-0.25, -0.2) is 4.79 Å². The minimum atomic E-state index is -0.308. The Balaban J connectivity index is 4.21. The summed E-state index contributed by atoms with van der Waals surface area (Å²) in [5.41, 5.74) is 0. The number of carbonyl (C=O) groups is 1. The molecule has 0 aliphatic heterocycles. The van der Waals surface area contributed by atoms with Crippen LogP contribution in [-0.2, 0) is 9.53 Å². The SMILES string of the molecule is COC(=O)C(I)=C(Br)I. The van der Waals surface area contributed by atoms with E-state index in [9.17, 15) is 4.79 Å². The molecule has 0 aromatic carbocycles. The average molecular weight is 417 g/mol. The van der Waals surface area contributed by atoms with Crippen LogP contribution in [0.15, 0.2) is 6.07 Å². The molecular weight excluding hydrogens is 414 g/mol. The molecule has 0 aliphatic rings. The summed E-state index contributed by atoms with van der Waals surface area (Å²) in [5.74, 6) is -0.308. The first-order valence-electron chi connectivity index (χ1n) is 1.88. The van der Waals surface area contributed by atoms with E-state index in [-0.39, 0.29) is 5.97 Å². The smallest absolute Gasteiger partial charge is 0.345 e. The first-order valence-corrected chi connectivity index (χ1v) is 4.83. The van der Waals surface area contributed by atoms with Crippen molar-refractivity contribution in [3.8, 4) is 0 Å². The van der Waals surface area contributed by atoms with Crippen molar-refractivity contribution in [2.75, 3.05) is 7.11 Å². The van der Waals surface area contributed by atoms with Crippen molar-refractivity contribution < 1.29 is 9.53 Å². The van der Waals surface area contributed by atoms with Crippen molar-refractivity contribution in [2.24, 2.45) is 0 Å². The van der Waals surface area contributed by atoms with Crippen LogP contribution in [0.4, 0.5) is 0 Å². The maximum Gasteiger partial charge on any atom is 0.345 e. The van der Waals surface area contributed by atoms with E-state index in [0.29, 0.717) is 3.58 Å². The average Bonchev–Trinajstić information content (AvgIpc) is 1.84. The molecule has 0 rings (SSSR count). The predicted octanol–water partition coefficient (Wildman–Crippen LogP) is 2.59. The first-order chi connectivity index (χ1) is 4.09. The van der Waals surface area contributed by atoms with Gasteiger partial charge in [0.25, 0.3) is 0 Å². The van der Waals surface area contributed by atoms with Crippen LogP contribution < -0.4 is 0 Å². The number of rotatable bonds is 1. The van der Waals surface area contributed by atoms with Gasteiger partial charge in [0, 0.05) is 0 Å². The van der Waals surface area contributed by atoms with Crippen LogP contribution in [-0.4, -0.2) is 13.1 Å². The molecule has 2 nitrogen and oxygen atoms in total. The summed E-state index contributed by atoms with van der Waals surface area (Å²) in [6.45, 7) is 0. The molecule has 0 aromatic rings. The summed E-state index contributed by atoms with van der Waals surface area (Å²) in [6, 6.07) is 0. The van der Waals surface area contributed by atoms with Crippen molar-refractivity contribution >= 4 is 67.1 Å². The van der Waals surface area contributed by atoms with Crippen molar-refractivity contribution in [1.29, 1.82) is 0 Å². The quantitative estimate of drug-likeness (QED) is 0.373. The van der Waals surface area contributed by atoms with Crippen molar-refractivity contribution in [3.63, 3.8) is 0 Å². The minimum absolute atomic E-state index is 0.308. The third-order valence-electron chi connectivity index (χ3n) is 0.531. The monoisotopic (exact) mass is 416 g/mol. The van der Waals surface area contributed by atoms with Gasteiger partial charge in [-0.2, -0.15) is 0 Å². The first kappa shape index (κ1) is 10.2. The molecule has 0 atom stereocenters. The lowest BCUT2D eigenvalue weighted by Crippen LogP contribution is -1.98. The molecule has 5 heteroatoms. The molecule has 0 spiro atoms. The molecule has 0 saturated carbocycles. The standard InChI is InChI=1S/C4H3BrI2O2/c1-9-4(8)2(6)3(5)7/h1H3. The van der Waals surface area contributed by atoms with Crippen LogP contribution in [0.3, 0.4) is 0 Å². The Kier molecular flexibility index (Phi) is 5.51.